The van der Waals surface area contributed by atoms with Crippen LogP contribution in [-0.4, -0.2) is 26.8 Å². The first-order chi connectivity index (χ1) is 9.41. The van der Waals surface area contributed by atoms with E-state index in [-0.39, 0.29) is 5.69 Å². The second kappa shape index (κ2) is 5.88. The smallest absolute Gasteiger partial charge is 0.310 e. The number of tetrazole rings is 1. The highest BCUT2D eigenvalue weighted by Crippen LogP contribution is 2.32. The summed E-state index contributed by atoms with van der Waals surface area (Å²) in [4.78, 5) is 0. The third-order valence-corrected chi connectivity index (χ3v) is 2.98. The molecule has 0 spiro atoms. The van der Waals surface area contributed by atoms with Gasteiger partial charge in [0.2, 0.25) is 0 Å². The van der Waals surface area contributed by atoms with Crippen LogP contribution in [0.15, 0.2) is 22.7 Å². The second-order valence-corrected chi connectivity index (χ2v) is 4.90. The van der Waals surface area contributed by atoms with Crippen molar-refractivity contribution in [3.63, 3.8) is 0 Å². The lowest BCUT2D eigenvalue weighted by molar-refractivity contribution is -0.137. The van der Waals surface area contributed by atoms with Gasteiger partial charge in [-0.05, 0) is 35.2 Å². The third-order valence-electron chi connectivity index (χ3n) is 2.52. The van der Waals surface area contributed by atoms with Crippen molar-refractivity contribution in [2.45, 2.75) is 19.6 Å². The van der Waals surface area contributed by atoms with Gasteiger partial charge in [0, 0.05) is 4.47 Å². The number of halogens is 4. The summed E-state index contributed by atoms with van der Waals surface area (Å²) < 4.78 is 40.0. The number of aromatic nitrogens is 4. The van der Waals surface area contributed by atoms with Gasteiger partial charge in [-0.1, -0.05) is 22.9 Å². The van der Waals surface area contributed by atoms with E-state index in [1.54, 1.807) is 0 Å². The van der Waals surface area contributed by atoms with E-state index in [1.807, 2.05) is 6.92 Å². The van der Waals surface area contributed by atoms with Gasteiger partial charge in [0.05, 0.1) is 17.8 Å². The summed E-state index contributed by atoms with van der Waals surface area (Å²) in [7, 11) is 0. The monoisotopic (exact) mass is 349 g/mol. The van der Waals surface area contributed by atoms with Crippen LogP contribution >= 0.6 is 15.9 Å². The van der Waals surface area contributed by atoms with Crippen LogP contribution in [0.3, 0.4) is 0 Å². The van der Waals surface area contributed by atoms with Crippen LogP contribution in [0.5, 0.6) is 0 Å². The summed E-state index contributed by atoms with van der Waals surface area (Å²) >= 11 is 3.07. The molecule has 0 radical (unpaired) electrons. The molecule has 108 valence electrons. The van der Waals surface area contributed by atoms with E-state index in [0.29, 0.717) is 23.4 Å². The third kappa shape index (κ3) is 3.34. The number of alkyl halides is 3. The molecule has 0 fully saturated rings. The number of hydrogen-bond donors (Lipinski definition) is 1. The van der Waals surface area contributed by atoms with E-state index in [1.165, 1.54) is 10.7 Å². The Kier molecular flexibility index (Phi) is 4.39. The SMILES string of the molecule is CCNCc1nnnn1-c1cc(Br)cc(C(F)(F)F)c1. The first-order valence-corrected chi connectivity index (χ1v) is 6.57. The molecule has 0 amide bonds. The zero-order chi connectivity index (χ0) is 14.8. The standard InChI is InChI=1S/C11H11BrF3N5/c1-2-16-6-10-17-18-19-20(10)9-4-7(11(13,14)15)3-8(12)5-9/h3-5,16H,2,6H2,1H3. The number of nitrogens with one attached hydrogen (secondary N) is 1. The molecule has 0 saturated carbocycles. The van der Waals surface area contributed by atoms with Crippen molar-refractivity contribution in [3.05, 3.63) is 34.1 Å². The van der Waals surface area contributed by atoms with Gasteiger partial charge < -0.3 is 5.32 Å². The summed E-state index contributed by atoms with van der Waals surface area (Å²) in [5, 5.41) is 14.0. The Balaban J connectivity index is 2.43. The van der Waals surface area contributed by atoms with Gasteiger partial charge in [-0.3, -0.25) is 0 Å². The van der Waals surface area contributed by atoms with E-state index in [2.05, 4.69) is 36.8 Å². The van der Waals surface area contributed by atoms with Gasteiger partial charge in [0.15, 0.2) is 5.82 Å². The van der Waals surface area contributed by atoms with Crippen molar-refractivity contribution >= 4 is 15.9 Å². The molecule has 0 atom stereocenters. The number of nitrogens with zero attached hydrogens (tertiary/aromatic N) is 4. The first kappa shape index (κ1) is 14.9. The average molecular weight is 350 g/mol. The Bertz CT molecular complexity index is 596. The fraction of sp³-hybridized carbons (Fsp3) is 0.364. The molecule has 2 rings (SSSR count). The number of rotatable bonds is 4. The largest absolute Gasteiger partial charge is 0.416 e. The summed E-state index contributed by atoms with van der Waals surface area (Å²) in [6.45, 7) is 2.99. The van der Waals surface area contributed by atoms with Crippen LogP contribution in [-0.2, 0) is 12.7 Å². The Labute approximate surface area is 121 Å². The molecule has 0 aliphatic carbocycles. The van der Waals surface area contributed by atoms with Gasteiger partial charge in [0.1, 0.15) is 0 Å². The van der Waals surface area contributed by atoms with Crippen LogP contribution in [0.4, 0.5) is 13.2 Å². The van der Waals surface area contributed by atoms with Gasteiger partial charge in [-0.2, -0.15) is 17.9 Å². The molecule has 20 heavy (non-hydrogen) atoms. The maximum Gasteiger partial charge on any atom is 0.416 e. The Hall–Kier alpha value is -1.48. The quantitative estimate of drug-likeness (QED) is 0.921. The highest BCUT2D eigenvalue weighted by Gasteiger charge is 2.31. The molecule has 2 aromatic rings. The van der Waals surface area contributed by atoms with E-state index in [0.717, 1.165) is 12.1 Å². The molecule has 0 bridgehead atoms. The Morgan fingerprint density at radius 2 is 2.05 bits per heavy atom. The summed E-state index contributed by atoms with van der Waals surface area (Å²) in [6, 6.07) is 3.55. The molecule has 1 aromatic carbocycles. The van der Waals surface area contributed by atoms with Crippen LogP contribution in [0.2, 0.25) is 0 Å². The normalized spacial score (nSPS) is 11.8. The topological polar surface area (TPSA) is 55.6 Å². The fourth-order valence-electron chi connectivity index (χ4n) is 1.61. The van der Waals surface area contributed by atoms with Crippen molar-refractivity contribution in [1.82, 2.24) is 25.5 Å². The van der Waals surface area contributed by atoms with Crippen LogP contribution in [0, 0.1) is 0 Å². The maximum absolute atomic E-state index is 12.8. The number of benzene rings is 1. The second-order valence-electron chi connectivity index (χ2n) is 3.98. The lowest BCUT2D eigenvalue weighted by Crippen LogP contribution is -2.16. The lowest BCUT2D eigenvalue weighted by atomic mass is 10.2. The minimum atomic E-state index is -4.42. The van der Waals surface area contributed by atoms with Gasteiger partial charge >= 0.3 is 6.18 Å². The van der Waals surface area contributed by atoms with Gasteiger partial charge in [-0.15, -0.1) is 5.10 Å². The minimum Gasteiger partial charge on any atom is -0.310 e. The van der Waals surface area contributed by atoms with Gasteiger partial charge in [0.25, 0.3) is 0 Å². The molecular formula is C11H11BrF3N5. The van der Waals surface area contributed by atoms with Gasteiger partial charge in [-0.25, -0.2) is 0 Å². The molecule has 0 unspecified atom stereocenters. The van der Waals surface area contributed by atoms with Crippen molar-refractivity contribution in [3.8, 4) is 5.69 Å². The van der Waals surface area contributed by atoms with Crippen LogP contribution in [0.25, 0.3) is 5.69 Å². The predicted octanol–water partition coefficient (Wildman–Crippen LogP) is 2.55. The Morgan fingerprint density at radius 3 is 2.70 bits per heavy atom. The van der Waals surface area contributed by atoms with Crippen LogP contribution < -0.4 is 5.32 Å². The molecule has 1 heterocycles. The Morgan fingerprint density at radius 1 is 1.30 bits per heavy atom. The highest BCUT2D eigenvalue weighted by molar-refractivity contribution is 9.10. The fourth-order valence-corrected chi connectivity index (χ4v) is 2.09. The predicted molar refractivity (Wildman–Crippen MR) is 69.2 cm³/mol. The van der Waals surface area contributed by atoms with Crippen molar-refractivity contribution in [2.75, 3.05) is 6.54 Å². The molecule has 1 aromatic heterocycles. The first-order valence-electron chi connectivity index (χ1n) is 5.78. The summed E-state index contributed by atoms with van der Waals surface area (Å²) in [5.74, 6) is 0.443. The molecule has 0 aliphatic heterocycles. The lowest BCUT2D eigenvalue weighted by Gasteiger charge is -2.11. The highest BCUT2D eigenvalue weighted by atomic mass is 79.9. The summed E-state index contributed by atoms with van der Waals surface area (Å²) in [6.07, 6.45) is -4.42. The molecule has 5 nitrogen and oxygen atoms in total. The average Bonchev–Trinajstić information content (AvgIpc) is 2.82. The zero-order valence-corrected chi connectivity index (χ0v) is 12.0. The molecule has 0 aliphatic rings. The van der Waals surface area contributed by atoms with Crippen molar-refractivity contribution < 1.29 is 13.2 Å². The van der Waals surface area contributed by atoms with E-state index >= 15 is 0 Å². The van der Waals surface area contributed by atoms with E-state index < -0.39 is 11.7 Å². The summed E-state index contributed by atoms with van der Waals surface area (Å²) in [5.41, 5.74) is -0.503. The van der Waals surface area contributed by atoms with Crippen molar-refractivity contribution in [2.24, 2.45) is 0 Å². The minimum absolute atomic E-state index is 0.254. The molecule has 1 N–H and O–H groups in total. The molecule has 9 heteroatoms. The van der Waals surface area contributed by atoms with E-state index in [4.69, 9.17) is 0 Å². The maximum atomic E-state index is 12.8. The van der Waals surface area contributed by atoms with Crippen molar-refractivity contribution in [1.29, 1.82) is 0 Å². The molecule has 0 saturated heterocycles. The molecular weight excluding hydrogens is 339 g/mol. The number of hydrogen-bond acceptors (Lipinski definition) is 4. The zero-order valence-electron chi connectivity index (χ0n) is 10.4. The van der Waals surface area contributed by atoms with E-state index in [9.17, 15) is 13.2 Å². The van der Waals surface area contributed by atoms with Crippen LogP contribution in [0.1, 0.15) is 18.3 Å².